The summed E-state index contributed by atoms with van der Waals surface area (Å²) in [6.45, 7) is 3.09. The Morgan fingerprint density at radius 2 is 2.08 bits per heavy atom. The first kappa shape index (κ1) is 16.1. The number of sulfonamides is 1. The first-order valence-corrected chi connectivity index (χ1v) is 10.6. The average molecular weight is 371 g/mol. The Bertz CT molecular complexity index is 1100. The SMILES string of the molecule is Cc1nc2cnc3nccc3c2c(C2CCCN(S(=O)(=O)C3CC3)C2)[nH]1. The Morgan fingerprint density at radius 1 is 1.23 bits per heavy atom. The van der Waals surface area contributed by atoms with Crippen LogP contribution in [0, 0.1) is 6.92 Å². The molecule has 3 aromatic heterocycles. The van der Waals surface area contributed by atoms with Crippen LogP contribution < -0.4 is 0 Å². The van der Waals surface area contributed by atoms with Gasteiger partial charge in [0.15, 0.2) is 5.65 Å². The van der Waals surface area contributed by atoms with Gasteiger partial charge in [-0.3, -0.25) is 0 Å². The highest BCUT2D eigenvalue weighted by atomic mass is 32.2. The van der Waals surface area contributed by atoms with Gasteiger partial charge in [-0.15, -0.1) is 0 Å². The molecule has 1 saturated heterocycles. The minimum Gasteiger partial charge on any atom is -0.347 e. The molecular formula is C18H21N5O2S. The molecule has 0 bridgehead atoms. The highest BCUT2D eigenvalue weighted by molar-refractivity contribution is 7.90. The van der Waals surface area contributed by atoms with Gasteiger partial charge in [-0.2, -0.15) is 0 Å². The number of pyridine rings is 1. The Kier molecular flexibility index (Phi) is 3.55. The summed E-state index contributed by atoms with van der Waals surface area (Å²) in [6.07, 6.45) is 6.96. The summed E-state index contributed by atoms with van der Waals surface area (Å²) in [5.74, 6) is 0.942. The summed E-state index contributed by atoms with van der Waals surface area (Å²) in [5, 5.41) is 1.84. The van der Waals surface area contributed by atoms with E-state index in [1.165, 1.54) is 0 Å². The van der Waals surface area contributed by atoms with Crippen LogP contribution in [0.15, 0.2) is 18.5 Å². The van der Waals surface area contributed by atoms with E-state index in [1.807, 2.05) is 13.0 Å². The summed E-state index contributed by atoms with van der Waals surface area (Å²) >= 11 is 0. The smallest absolute Gasteiger partial charge is 0.217 e. The highest BCUT2D eigenvalue weighted by Crippen LogP contribution is 2.37. The molecule has 0 radical (unpaired) electrons. The second kappa shape index (κ2) is 5.72. The molecule has 4 heterocycles. The van der Waals surface area contributed by atoms with Gasteiger partial charge in [0.25, 0.3) is 0 Å². The number of piperidine rings is 1. The van der Waals surface area contributed by atoms with E-state index in [1.54, 1.807) is 16.7 Å². The minimum absolute atomic E-state index is 0.127. The number of aryl methyl sites for hydroxylation is 1. The van der Waals surface area contributed by atoms with Crippen LogP contribution in [-0.2, 0) is 10.0 Å². The van der Waals surface area contributed by atoms with Gasteiger partial charge in [-0.05, 0) is 38.7 Å². The minimum atomic E-state index is -3.15. The number of aromatic nitrogens is 4. The van der Waals surface area contributed by atoms with Crippen molar-refractivity contribution in [2.75, 3.05) is 13.1 Å². The molecule has 7 nitrogen and oxygen atoms in total. The monoisotopic (exact) mass is 371 g/mol. The number of fused-ring (bicyclic) bond motifs is 3. The van der Waals surface area contributed by atoms with Gasteiger partial charge in [0, 0.05) is 41.7 Å². The Balaban J connectivity index is 1.62. The average Bonchev–Trinajstić information content (AvgIpc) is 3.39. The fourth-order valence-corrected chi connectivity index (χ4v) is 6.00. The largest absolute Gasteiger partial charge is 0.347 e. The number of aromatic amines is 1. The molecule has 3 aromatic rings. The molecule has 0 amide bonds. The van der Waals surface area contributed by atoms with Crippen molar-refractivity contribution < 1.29 is 8.42 Å². The number of nitrogens with one attached hydrogen (secondary N) is 1. The van der Waals surface area contributed by atoms with Gasteiger partial charge in [-0.1, -0.05) is 0 Å². The zero-order chi connectivity index (χ0) is 17.9. The maximum absolute atomic E-state index is 12.7. The Hall–Kier alpha value is -2.06. The van der Waals surface area contributed by atoms with E-state index in [2.05, 4.69) is 19.9 Å². The van der Waals surface area contributed by atoms with E-state index in [9.17, 15) is 8.42 Å². The molecule has 8 heteroatoms. The van der Waals surface area contributed by atoms with Gasteiger partial charge in [0.1, 0.15) is 5.82 Å². The van der Waals surface area contributed by atoms with E-state index in [-0.39, 0.29) is 11.2 Å². The number of nitrogens with zero attached hydrogens (tertiary/aromatic N) is 4. The molecule has 1 aliphatic heterocycles. The number of rotatable bonds is 3. The van der Waals surface area contributed by atoms with Gasteiger partial charge in [0.05, 0.1) is 17.0 Å². The van der Waals surface area contributed by atoms with E-state index < -0.39 is 10.0 Å². The van der Waals surface area contributed by atoms with Crippen LogP contribution in [0.3, 0.4) is 0 Å². The third kappa shape index (κ3) is 2.51. The predicted octanol–water partition coefficient (Wildman–Crippen LogP) is 2.49. The normalized spacial score (nSPS) is 22.3. The summed E-state index contributed by atoms with van der Waals surface area (Å²) in [7, 11) is -3.15. The van der Waals surface area contributed by atoms with E-state index in [0.717, 1.165) is 53.5 Å². The van der Waals surface area contributed by atoms with Crippen LogP contribution in [0.1, 0.15) is 43.1 Å². The molecule has 0 spiro atoms. The van der Waals surface area contributed by atoms with E-state index in [4.69, 9.17) is 0 Å². The van der Waals surface area contributed by atoms with Gasteiger partial charge in [0.2, 0.25) is 10.0 Å². The molecule has 1 unspecified atom stereocenters. The Labute approximate surface area is 151 Å². The number of hydrogen-bond donors (Lipinski definition) is 1. The predicted molar refractivity (Wildman–Crippen MR) is 99.4 cm³/mol. The van der Waals surface area contributed by atoms with Crippen molar-refractivity contribution in [2.45, 2.75) is 43.8 Å². The number of H-pyrrole nitrogens is 1. The van der Waals surface area contributed by atoms with Crippen LogP contribution in [0.5, 0.6) is 0 Å². The lowest BCUT2D eigenvalue weighted by Gasteiger charge is -2.32. The molecule has 1 N–H and O–H groups in total. The highest BCUT2D eigenvalue weighted by Gasteiger charge is 2.42. The van der Waals surface area contributed by atoms with Crippen molar-refractivity contribution in [3.63, 3.8) is 0 Å². The topological polar surface area (TPSA) is 91.8 Å². The molecule has 0 aromatic carbocycles. The zero-order valence-electron chi connectivity index (χ0n) is 14.6. The lowest BCUT2D eigenvalue weighted by molar-refractivity contribution is 0.313. The lowest BCUT2D eigenvalue weighted by atomic mass is 9.92. The van der Waals surface area contributed by atoms with Crippen LogP contribution in [-0.4, -0.2) is 51.0 Å². The van der Waals surface area contributed by atoms with Crippen LogP contribution >= 0.6 is 0 Å². The fraction of sp³-hybridized carbons (Fsp3) is 0.500. The second-order valence-corrected chi connectivity index (χ2v) is 9.59. The lowest BCUT2D eigenvalue weighted by Crippen LogP contribution is -2.41. The van der Waals surface area contributed by atoms with E-state index >= 15 is 0 Å². The Morgan fingerprint density at radius 3 is 2.88 bits per heavy atom. The maximum Gasteiger partial charge on any atom is 0.217 e. The fourth-order valence-electron chi connectivity index (χ4n) is 4.08. The third-order valence-corrected chi connectivity index (χ3v) is 7.85. The molecule has 2 fully saturated rings. The van der Waals surface area contributed by atoms with Gasteiger partial charge >= 0.3 is 0 Å². The van der Waals surface area contributed by atoms with Crippen molar-refractivity contribution in [1.29, 1.82) is 0 Å². The summed E-state index contributed by atoms with van der Waals surface area (Å²) in [5.41, 5.74) is 2.60. The summed E-state index contributed by atoms with van der Waals surface area (Å²) in [6, 6.07) is 1.96. The van der Waals surface area contributed by atoms with Crippen LogP contribution in [0.2, 0.25) is 0 Å². The van der Waals surface area contributed by atoms with Crippen molar-refractivity contribution in [2.24, 2.45) is 0 Å². The molecule has 136 valence electrons. The standard InChI is InChI=1S/C18H21N5O2S/c1-11-21-15-9-20-18-14(6-7-19-18)16(15)17(22-11)12-3-2-8-23(10-12)26(24,25)13-4-5-13/h6-7,9,12-13H,2-5,8,10H2,1H3,(H,21,22). The molecular weight excluding hydrogens is 350 g/mol. The first-order valence-electron chi connectivity index (χ1n) is 9.13. The van der Waals surface area contributed by atoms with Crippen molar-refractivity contribution >= 4 is 32.0 Å². The van der Waals surface area contributed by atoms with Gasteiger partial charge < -0.3 is 4.98 Å². The van der Waals surface area contributed by atoms with Gasteiger partial charge in [-0.25, -0.2) is 27.7 Å². The summed E-state index contributed by atoms with van der Waals surface area (Å²) in [4.78, 5) is 16.7. The second-order valence-electron chi connectivity index (χ2n) is 7.38. The molecule has 26 heavy (non-hydrogen) atoms. The molecule has 5 rings (SSSR count). The first-order chi connectivity index (χ1) is 12.5. The quantitative estimate of drug-likeness (QED) is 0.764. The molecule has 1 aliphatic carbocycles. The molecule has 2 aliphatic rings. The molecule has 1 saturated carbocycles. The maximum atomic E-state index is 12.7. The molecule has 1 atom stereocenters. The number of hydrogen-bond acceptors (Lipinski definition) is 5. The summed E-state index contributed by atoms with van der Waals surface area (Å²) < 4.78 is 27.1. The van der Waals surface area contributed by atoms with Crippen molar-refractivity contribution in [3.8, 4) is 0 Å². The van der Waals surface area contributed by atoms with Crippen LogP contribution in [0.25, 0.3) is 21.9 Å². The zero-order valence-corrected chi connectivity index (χ0v) is 15.5. The van der Waals surface area contributed by atoms with Crippen LogP contribution in [0.4, 0.5) is 0 Å². The van der Waals surface area contributed by atoms with E-state index in [0.29, 0.717) is 18.7 Å². The van der Waals surface area contributed by atoms with Crippen molar-refractivity contribution in [1.82, 2.24) is 24.2 Å². The third-order valence-electron chi connectivity index (χ3n) is 5.48. The van der Waals surface area contributed by atoms with Crippen molar-refractivity contribution in [3.05, 3.63) is 30.0 Å².